The van der Waals surface area contributed by atoms with Crippen LogP contribution in [0.1, 0.15) is 16.8 Å². The molecule has 0 bridgehead atoms. The van der Waals surface area contributed by atoms with E-state index in [-0.39, 0.29) is 0 Å². The molecule has 4 rings (SSSR count). The highest BCUT2D eigenvalue weighted by Crippen LogP contribution is 2.20. The van der Waals surface area contributed by atoms with Gasteiger partial charge in [-0.15, -0.1) is 0 Å². The molecule has 0 spiro atoms. The minimum absolute atomic E-state index is 0.547. The average molecular weight is 384 g/mol. The topological polar surface area (TPSA) is 48.0 Å². The average Bonchev–Trinajstić information content (AvgIpc) is 3.17. The van der Waals surface area contributed by atoms with E-state index >= 15 is 0 Å². The molecule has 0 saturated carbocycles. The largest absolute Gasteiger partial charge is 0.249 e. The van der Waals surface area contributed by atoms with Crippen molar-refractivity contribution in [1.82, 2.24) is 19.4 Å². The lowest BCUT2D eigenvalue weighted by atomic mass is 10.2. The summed E-state index contributed by atoms with van der Waals surface area (Å²) < 4.78 is 3.48. The number of para-hydroxylation sites is 2. The number of nitrogens with zero attached hydrogens (tertiary/aromatic N) is 5. The predicted molar refractivity (Wildman–Crippen MR) is 105 cm³/mol. The molecule has 26 heavy (non-hydrogen) atoms. The molecule has 2 heterocycles. The lowest BCUT2D eigenvalue weighted by Gasteiger charge is -2.03. The quantitative estimate of drug-likeness (QED) is 0.476. The van der Waals surface area contributed by atoms with Gasteiger partial charge in [0.2, 0.25) is 0 Å². The van der Waals surface area contributed by atoms with E-state index in [9.17, 15) is 0 Å². The Morgan fingerprint density at radius 3 is 2.65 bits per heavy atom. The Morgan fingerprint density at radius 2 is 1.85 bits per heavy atom. The second-order valence-electron chi connectivity index (χ2n) is 5.90. The minimum Gasteiger partial charge on any atom is -0.249 e. The van der Waals surface area contributed by atoms with Gasteiger partial charge in [0.15, 0.2) is 0 Å². The Hall–Kier alpha value is -2.63. The molecular weight excluding hydrogens is 369 g/mol. The lowest BCUT2D eigenvalue weighted by Crippen LogP contribution is -2.02. The van der Waals surface area contributed by atoms with Crippen molar-refractivity contribution in [3.05, 3.63) is 81.9 Å². The fourth-order valence-corrected chi connectivity index (χ4v) is 3.15. The highest BCUT2D eigenvalue weighted by Gasteiger charge is 2.12. The fourth-order valence-electron chi connectivity index (χ4n) is 2.74. The number of hydrogen-bond donors (Lipinski definition) is 0. The third-order valence-corrected chi connectivity index (χ3v) is 4.75. The molecule has 0 aliphatic heterocycles. The van der Waals surface area contributed by atoms with Crippen molar-refractivity contribution in [1.29, 1.82) is 0 Å². The Morgan fingerprint density at radius 1 is 1.08 bits per heavy atom. The van der Waals surface area contributed by atoms with Crippen molar-refractivity contribution in [2.45, 2.75) is 13.5 Å². The molecule has 0 aliphatic rings. The Bertz CT molecular complexity index is 1090. The summed E-state index contributed by atoms with van der Waals surface area (Å²) in [5, 5.41) is 10.3. The SMILES string of the molecule is Cc1nn(Cc2ccc(Cl)cc2)c(Cl)c1/C=N\n1cnc2ccccc21. The maximum absolute atomic E-state index is 6.53. The Kier molecular flexibility index (Phi) is 4.49. The number of benzene rings is 2. The van der Waals surface area contributed by atoms with Gasteiger partial charge < -0.3 is 0 Å². The summed E-state index contributed by atoms with van der Waals surface area (Å²) in [6, 6.07) is 15.5. The highest BCUT2D eigenvalue weighted by molar-refractivity contribution is 6.32. The Balaban J connectivity index is 1.63. The number of rotatable bonds is 4. The first-order chi connectivity index (χ1) is 12.6. The molecule has 0 aliphatic carbocycles. The molecule has 0 unspecified atom stereocenters. The zero-order chi connectivity index (χ0) is 18.1. The first-order valence-electron chi connectivity index (χ1n) is 8.05. The van der Waals surface area contributed by atoms with Crippen LogP contribution in [0.5, 0.6) is 0 Å². The monoisotopic (exact) mass is 383 g/mol. The van der Waals surface area contributed by atoms with Gasteiger partial charge >= 0.3 is 0 Å². The fraction of sp³-hybridized carbons (Fsp3) is 0.105. The van der Waals surface area contributed by atoms with E-state index < -0.39 is 0 Å². The molecule has 0 N–H and O–H groups in total. The van der Waals surface area contributed by atoms with Crippen LogP contribution in [-0.4, -0.2) is 25.7 Å². The second-order valence-corrected chi connectivity index (χ2v) is 6.69. The van der Waals surface area contributed by atoms with Crippen LogP contribution in [0.25, 0.3) is 11.0 Å². The normalized spacial score (nSPS) is 11.7. The molecule has 4 aromatic rings. The zero-order valence-electron chi connectivity index (χ0n) is 14.0. The van der Waals surface area contributed by atoms with Gasteiger partial charge in [-0.05, 0) is 36.8 Å². The maximum Gasteiger partial charge on any atom is 0.136 e. The van der Waals surface area contributed by atoms with Gasteiger partial charge in [0, 0.05) is 5.02 Å². The second kappa shape index (κ2) is 6.94. The van der Waals surface area contributed by atoms with E-state index in [0.717, 1.165) is 27.9 Å². The third kappa shape index (κ3) is 3.23. The summed E-state index contributed by atoms with van der Waals surface area (Å²) in [6.45, 7) is 2.48. The van der Waals surface area contributed by atoms with Gasteiger partial charge in [-0.1, -0.05) is 47.5 Å². The third-order valence-electron chi connectivity index (χ3n) is 4.10. The van der Waals surface area contributed by atoms with E-state index in [1.54, 1.807) is 21.9 Å². The van der Waals surface area contributed by atoms with Crippen molar-refractivity contribution in [3.63, 3.8) is 0 Å². The van der Waals surface area contributed by atoms with Gasteiger partial charge in [-0.25, -0.2) is 14.3 Å². The summed E-state index contributed by atoms with van der Waals surface area (Å²) in [5.41, 5.74) is 4.51. The van der Waals surface area contributed by atoms with E-state index in [0.29, 0.717) is 16.7 Å². The first-order valence-corrected chi connectivity index (χ1v) is 8.81. The van der Waals surface area contributed by atoms with Gasteiger partial charge in [-0.3, -0.25) is 0 Å². The van der Waals surface area contributed by atoms with Crippen molar-refractivity contribution in [3.8, 4) is 0 Å². The van der Waals surface area contributed by atoms with Gasteiger partial charge in [-0.2, -0.15) is 10.2 Å². The molecule has 7 heteroatoms. The van der Waals surface area contributed by atoms with Crippen LogP contribution in [0.15, 0.2) is 60.0 Å². The molecule has 0 amide bonds. The molecule has 130 valence electrons. The standard InChI is InChI=1S/C19H15Cl2N5/c1-13-16(10-23-26-12-22-17-4-2-3-5-18(17)26)19(21)25(24-13)11-14-6-8-15(20)9-7-14/h2-10,12H,11H2,1H3/b23-10-. The number of aromatic nitrogens is 4. The number of aryl methyl sites for hydroxylation is 1. The molecule has 5 nitrogen and oxygen atoms in total. The van der Waals surface area contributed by atoms with E-state index in [1.807, 2.05) is 55.5 Å². The number of hydrogen-bond acceptors (Lipinski definition) is 3. The Labute approximate surface area is 160 Å². The summed E-state index contributed by atoms with van der Waals surface area (Å²) >= 11 is 12.5. The molecule has 0 radical (unpaired) electrons. The van der Waals surface area contributed by atoms with Crippen LogP contribution in [0.2, 0.25) is 10.2 Å². The molecular formula is C19H15Cl2N5. The van der Waals surface area contributed by atoms with Gasteiger partial charge in [0.1, 0.15) is 11.5 Å². The van der Waals surface area contributed by atoms with Gasteiger partial charge in [0.25, 0.3) is 0 Å². The molecule has 2 aromatic carbocycles. The molecule has 0 fully saturated rings. The van der Waals surface area contributed by atoms with Crippen LogP contribution in [0, 0.1) is 6.92 Å². The summed E-state index contributed by atoms with van der Waals surface area (Å²) in [7, 11) is 0. The first kappa shape index (κ1) is 16.8. The maximum atomic E-state index is 6.53. The number of halogens is 2. The summed E-state index contributed by atoms with van der Waals surface area (Å²) in [5.74, 6) is 0. The van der Waals surface area contributed by atoms with E-state index in [1.165, 1.54) is 0 Å². The number of imidazole rings is 1. The van der Waals surface area contributed by atoms with Crippen LogP contribution in [0.4, 0.5) is 0 Å². The van der Waals surface area contributed by atoms with Crippen LogP contribution < -0.4 is 0 Å². The highest BCUT2D eigenvalue weighted by atomic mass is 35.5. The summed E-state index contributed by atoms with van der Waals surface area (Å²) in [4.78, 5) is 4.33. The lowest BCUT2D eigenvalue weighted by molar-refractivity contribution is 0.680. The van der Waals surface area contributed by atoms with Crippen LogP contribution in [-0.2, 0) is 6.54 Å². The van der Waals surface area contributed by atoms with Crippen LogP contribution in [0.3, 0.4) is 0 Å². The van der Waals surface area contributed by atoms with E-state index in [4.69, 9.17) is 23.2 Å². The molecule has 0 atom stereocenters. The van der Waals surface area contributed by atoms with Crippen molar-refractivity contribution >= 4 is 40.4 Å². The predicted octanol–water partition coefficient (Wildman–Crippen LogP) is 4.78. The number of fused-ring (bicyclic) bond motifs is 1. The molecule has 0 saturated heterocycles. The van der Waals surface area contributed by atoms with Crippen molar-refractivity contribution in [2.24, 2.45) is 5.10 Å². The minimum atomic E-state index is 0.547. The van der Waals surface area contributed by atoms with Crippen LogP contribution >= 0.6 is 23.2 Å². The zero-order valence-corrected chi connectivity index (χ0v) is 15.5. The smallest absolute Gasteiger partial charge is 0.136 e. The molecule has 2 aromatic heterocycles. The van der Waals surface area contributed by atoms with E-state index in [2.05, 4.69) is 15.2 Å². The summed E-state index contributed by atoms with van der Waals surface area (Å²) in [6.07, 6.45) is 3.40. The van der Waals surface area contributed by atoms with Crippen molar-refractivity contribution < 1.29 is 0 Å². The van der Waals surface area contributed by atoms with Crippen molar-refractivity contribution in [2.75, 3.05) is 0 Å². The van der Waals surface area contributed by atoms with Gasteiger partial charge in [0.05, 0.1) is 35.1 Å².